The lowest BCUT2D eigenvalue weighted by Gasteiger charge is -2.18. The average molecular weight is 179 g/mol. The van der Waals surface area contributed by atoms with E-state index in [9.17, 15) is 4.79 Å². The number of carbonyl (C=O) groups is 1. The maximum atomic E-state index is 10.8. The van der Waals surface area contributed by atoms with Crippen LogP contribution in [0.5, 0.6) is 0 Å². The molecule has 0 radical (unpaired) electrons. The van der Waals surface area contributed by atoms with Gasteiger partial charge in [-0.05, 0) is 6.20 Å². The van der Waals surface area contributed by atoms with Gasteiger partial charge in [-0.3, -0.25) is 5.32 Å². The first-order valence-electron chi connectivity index (χ1n) is 3.07. The molecule has 5 heteroatoms. The minimum absolute atomic E-state index is 0. The Hall–Kier alpha value is -0.740. The first kappa shape index (κ1) is 10.3. The van der Waals surface area contributed by atoms with Gasteiger partial charge >= 0.3 is 5.97 Å². The highest BCUT2D eigenvalue weighted by atomic mass is 35.5. The summed E-state index contributed by atoms with van der Waals surface area (Å²) in [7, 11) is 1.37. The van der Waals surface area contributed by atoms with Crippen LogP contribution in [0.2, 0.25) is 0 Å². The molecule has 0 spiro atoms. The molecule has 0 saturated carbocycles. The van der Waals surface area contributed by atoms with E-state index in [1.807, 2.05) is 6.08 Å². The lowest BCUT2D eigenvalue weighted by Crippen LogP contribution is -2.49. The maximum absolute atomic E-state index is 10.8. The predicted octanol–water partition coefficient (Wildman–Crippen LogP) is -0.386. The van der Waals surface area contributed by atoms with Gasteiger partial charge in [0.05, 0.1) is 7.11 Å². The Morgan fingerprint density at radius 3 is 2.91 bits per heavy atom. The van der Waals surface area contributed by atoms with Crippen molar-refractivity contribution in [1.29, 1.82) is 0 Å². The quantitative estimate of drug-likeness (QED) is 0.538. The molecule has 0 aromatic rings. The third-order valence-electron chi connectivity index (χ3n) is 1.26. The summed E-state index contributed by atoms with van der Waals surface area (Å²) in [5.41, 5.74) is 0. The van der Waals surface area contributed by atoms with E-state index < -0.39 is 0 Å². The van der Waals surface area contributed by atoms with Crippen molar-refractivity contribution in [3.8, 4) is 0 Å². The number of ether oxygens (including phenoxy) is 1. The third kappa shape index (κ3) is 2.78. The van der Waals surface area contributed by atoms with Crippen LogP contribution in [0.3, 0.4) is 0 Å². The fourth-order valence-corrected chi connectivity index (χ4v) is 0.737. The molecule has 0 fully saturated rings. The highest BCUT2D eigenvalue weighted by molar-refractivity contribution is 5.85. The molecule has 0 aromatic heterocycles. The van der Waals surface area contributed by atoms with Crippen molar-refractivity contribution >= 4 is 18.4 Å². The molecule has 1 aliphatic heterocycles. The van der Waals surface area contributed by atoms with Crippen molar-refractivity contribution < 1.29 is 9.53 Å². The molecule has 1 aliphatic rings. The van der Waals surface area contributed by atoms with E-state index in [1.54, 1.807) is 6.20 Å². The fraction of sp³-hybridized carbons (Fsp3) is 0.500. The summed E-state index contributed by atoms with van der Waals surface area (Å²) in [5, 5.41) is 5.70. The van der Waals surface area contributed by atoms with Gasteiger partial charge < -0.3 is 10.1 Å². The maximum Gasteiger partial charge on any atom is 0.343 e. The van der Waals surface area contributed by atoms with Crippen LogP contribution in [0.4, 0.5) is 0 Å². The molecule has 1 atom stereocenters. The summed E-state index contributed by atoms with van der Waals surface area (Å²) >= 11 is 0. The highest BCUT2D eigenvalue weighted by Crippen LogP contribution is 1.87. The molecule has 0 bridgehead atoms. The summed E-state index contributed by atoms with van der Waals surface area (Å²) in [6.45, 7) is 0.701. The van der Waals surface area contributed by atoms with Crippen molar-refractivity contribution in [3.05, 3.63) is 12.3 Å². The Kier molecular flexibility index (Phi) is 4.65. The first-order chi connectivity index (χ1) is 4.84. The zero-order chi connectivity index (χ0) is 7.40. The topological polar surface area (TPSA) is 50.4 Å². The lowest BCUT2D eigenvalue weighted by molar-refractivity contribution is -0.143. The van der Waals surface area contributed by atoms with E-state index in [4.69, 9.17) is 0 Å². The number of halogens is 1. The highest BCUT2D eigenvalue weighted by Gasteiger charge is 2.16. The molecule has 1 heterocycles. The molecule has 11 heavy (non-hydrogen) atoms. The second kappa shape index (κ2) is 4.98. The van der Waals surface area contributed by atoms with Crippen LogP contribution in [0.25, 0.3) is 0 Å². The van der Waals surface area contributed by atoms with E-state index in [2.05, 4.69) is 15.4 Å². The molecule has 0 aliphatic carbocycles. The minimum Gasteiger partial charge on any atom is -0.466 e. The standard InChI is InChI=1S/C6H10N2O2.ClH/c1-10-6(9)5-7-3-2-4-8-5;/h2-3,5,7-8H,4H2,1H3;1H. The number of methoxy groups -OCH3 is 1. The Labute approximate surface area is 71.4 Å². The molecule has 4 nitrogen and oxygen atoms in total. The van der Waals surface area contributed by atoms with Gasteiger partial charge in [0.25, 0.3) is 0 Å². The van der Waals surface area contributed by atoms with E-state index in [0.29, 0.717) is 6.54 Å². The molecular weight excluding hydrogens is 168 g/mol. The number of hydrogen-bond donors (Lipinski definition) is 2. The second-order valence-electron chi connectivity index (χ2n) is 1.93. The minimum atomic E-state index is -0.380. The average Bonchev–Trinajstić information content (AvgIpc) is 2.05. The van der Waals surface area contributed by atoms with Crippen LogP contribution >= 0.6 is 12.4 Å². The summed E-state index contributed by atoms with van der Waals surface area (Å²) < 4.78 is 4.49. The summed E-state index contributed by atoms with van der Waals surface area (Å²) in [4.78, 5) is 10.8. The first-order valence-corrected chi connectivity index (χ1v) is 3.07. The molecule has 1 rings (SSSR count). The summed E-state index contributed by atoms with van der Waals surface area (Å²) in [6, 6.07) is 0. The van der Waals surface area contributed by atoms with Crippen LogP contribution in [0.15, 0.2) is 12.3 Å². The zero-order valence-electron chi connectivity index (χ0n) is 6.16. The van der Waals surface area contributed by atoms with Crippen LogP contribution in [-0.4, -0.2) is 25.8 Å². The number of rotatable bonds is 1. The van der Waals surface area contributed by atoms with Crippen molar-refractivity contribution in [1.82, 2.24) is 10.6 Å². The van der Waals surface area contributed by atoms with Crippen LogP contribution in [0.1, 0.15) is 0 Å². The molecule has 1 unspecified atom stereocenters. The Bertz CT molecular complexity index is 161. The summed E-state index contributed by atoms with van der Waals surface area (Å²) in [6.07, 6.45) is 3.24. The molecule has 2 N–H and O–H groups in total. The Morgan fingerprint density at radius 1 is 1.73 bits per heavy atom. The molecule has 0 saturated heterocycles. The molecule has 0 aromatic carbocycles. The largest absolute Gasteiger partial charge is 0.466 e. The Balaban J connectivity index is 0.000001000. The van der Waals surface area contributed by atoms with E-state index in [0.717, 1.165) is 0 Å². The monoisotopic (exact) mass is 178 g/mol. The smallest absolute Gasteiger partial charge is 0.343 e. The van der Waals surface area contributed by atoms with E-state index in [-0.39, 0.29) is 24.5 Å². The fourth-order valence-electron chi connectivity index (χ4n) is 0.737. The van der Waals surface area contributed by atoms with E-state index in [1.165, 1.54) is 7.11 Å². The normalized spacial score (nSPS) is 21.4. The van der Waals surface area contributed by atoms with Crippen molar-refractivity contribution in [2.75, 3.05) is 13.7 Å². The van der Waals surface area contributed by atoms with Gasteiger partial charge in [-0.15, -0.1) is 12.4 Å². The van der Waals surface area contributed by atoms with Crippen molar-refractivity contribution in [2.45, 2.75) is 6.17 Å². The zero-order valence-corrected chi connectivity index (χ0v) is 6.98. The van der Waals surface area contributed by atoms with Gasteiger partial charge in [0.1, 0.15) is 0 Å². The predicted molar refractivity (Wildman–Crippen MR) is 43.3 cm³/mol. The molecular formula is C6H11ClN2O2. The molecule has 64 valence electrons. The van der Waals surface area contributed by atoms with Crippen LogP contribution < -0.4 is 10.6 Å². The van der Waals surface area contributed by atoms with Gasteiger partial charge in [-0.25, -0.2) is 4.79 Å². The molecule has 0 amide bonds. The Morgan fingerprint density at radius 2 is 2.45 bits per heavy atom. The van der Waals surface area contributed by atoms with Gasteiger partial charge in [0, 0.05) is 6.54 Å². The van der Waals surface area contributed by atoms with Gasteiger partial charge in [0.2, 0.25) is 0 Å². The van der Waals surface area contributed by atoms with Crippen LogP contribution in [0, 0.1) is 0 Å². The van der Waals surface area contributed by atoms with Gasteiger partial charge in [0.15, 0.2) is 6.17 Å². The summed E-state index contributed by atoms with van der Waals surface area (Å²) in [5.74, 6) is -0.288. The van der Waals surface area contributed by atoms with Gasteiger partial charge in [-0.1, -0.05) is 6.08 Å². The van der Waals surface area contributed by atoms with Gasteiger partial charge in [-0.2, -0.15) is 0 Å². The number of nitrogens with one attached hydrogen (secondary N) is 2. The van der Waals surface area contributed by atoms with E-state index >= 15 is 0 Å². The van der Waals surface area contributed by atoms with Crippen LogP contribution in [-0.2, 0) is 9.53 Å². The number of hydrogen-bond acceptors (Lipinski definition) is 4. The number of carbonyl (C=O) groups excluding carboxylic acids is 1. The second-order valence-corrected chi connectivity index (χ2v) is 1.93. The number of esters is 1. The SMILES string of the molecule is COC(=O)C1NC=CCN1.Cl. The van der Waals surface area contributed by atoms with Crippen molar-refractivity contribution in [3.63, 3.8) is 0 Å². The van der Waals surface area contributed by atoms with Crippen molar-refractivity contribution in [2.24, 2.45) is 0 Å². The lowest BCUT2D eigenvalue weighted by atomic mass is 10.4. The third-order valence-corrected chi connectivity index (χ3v) is 1.26.